The van der Waals surface area contributed by atoms with E-state index >= 15 is 0 Å². The molecule has 0 spiro atoms. The van der Waals surface area contributed by atoms with E-state index < -0.39 is 0 Å². The van der Waals surface area contributed by atoms with Gasteiger partial charge in [-0.25, -0.2) is 0 Å². The zero-order valence-electron chi connectivity index (χ0n) is 84.6. The fraction of sp³-hybridized carbons (Fsp3) is 0.895. The second-order valence-electron chi connectivity index (χ2n) is 39.0. The third kappa shape index (κ3) is 79.8. The standard InChI is InChI=1S/C38H72O4.C38H66O4.C38H74O4/c2*1-3-5-7-9-15-21-27-37-35(25-19-8-6-4-2)29-30-36(26-20-14-10-12-17-23-31-41-33-39)38(37)28-22-16-11-13-18-24-32-42-34-40;1-3-5-7-9-11-17-23-29-37(31-25-19-13-15-21-27-33-41-35-39)38(30-24-18-12-10-8-6-4-2)32-26-20-14-16-22-28-34-42-36-40/h33-38H,3-32H2,1-2H3;29-30,33-34H,3-28,31-32H2,1-2H3;35-38H,3-34H2,1-2H3. The molecule has 740 valence electrons. The molecule has 12 nitrogen and oxygen atoms in total. The summed E-state index contributed by atoms with van der Waals surface area (Å²) in [4.78, 5) is 61.9. The number of rotatable bonds is 101. The molecule has 1 aliphatic rings. The summed E-state index contributed by atoms with van der Waals surface area (Å²) in [6, 6.07) is 5.00. The molecule has 1 saturated carbocycles. The molecule has 0 saturated heterocycles. The second-order valence-corrected chi connectivity index (χ2v) is 39.0. The largest absolute Gasteiger partial charge is 0.468 e. The van der Waals surface area contributed by atoms with Gasteiger partial charge in [0.05, 0.1) is 39.6 Å². The molecule has 0 amide bonds. The third-order valence-electron chi connectivity index (χ3n) is 28.3. The molecule has 0 aliphatic heterocycles. The van der Waals surface area contributed by atoms with Gasteiger partial charge in [-0.3, -0.25) is 28.8 Å². The molecular formula is C114H212O12. The minimum Gasteiger partial charge on any atom is -0.468 e. The average Bonchev–Trinajstić information content (AvgIpc) is 0.824. The molecule has 6 unspecified atom stereocenters. The van der Waals surface area contributed by atoms with E-state index in [1.54, 1.807) is 22.3 Å². The van der Waals surface area contributed by atoms with Crippen LogP contribution in [0.5, 0.6) is 0 Å². The van der Waals surface area contributed by atoms with Crippen LogP contribution in [0.1, 0.15) is 577 Å². The Bertz CT molecular complexity index is 2280. The first kappa shape index (κ1) is 122. The number of ether oxygens (including phenoxy) is 6. The predicted octanol–water partition coefficient (Wildman–Crippen LogP) is 34.9. The summed E-state index contributed by atoms with van der Waals surface area (Å²) in [5.41, 5.74) is 6.70. The lowest BCUT2D eigenvalue weighted by Gasteiger charge is -2.44. The van der Waals surface area contributed by atoms with Crippen molar-refractivity contribution in [2.24, 2.45) is 35.5 Å². The molecule has 0 radical (unpaired) electrons. The molecule has 1 fully saturated rings. The van der Waals surface area contributed by atoms with Gasteiger partial charge in [0, 0.05) is 0 Å². The molecule has 0 N–H and O–H groups in total. The van der Waals surface area contributed by atoms with Crippen molar-refractivity contribution in [2.45, 2.75) is 581 Å². The van der Waals surface area contributed by atoms with Crippen LogP contribution in [0.15, 0.2) is 12.1 Å². The molecule has 0 aromatic heterocycles. The highest BCUT2D eigenvalue weighted by molar-refractivity contribution is 5.42. The van der Waals surface area contributed by atoms with Gasteiger partial charge >= 0.3 is 0 Å². The van der Waals surface area contributed by atoms with Gasteiger partial charge in [0.15, 0.2) is 0 Å². The van der Waals surface area contributed by atoms with Crippen molar-refractivity contribution in [3.8, 4) is 0 Å². The lowest BCUT2D eigenvalue weighted by Crippen LogP contribution is -2.35. The first-order valence-corrected chi connectivity index (χ1v) is 55.8. The second kappa shape index (κ2) is 103. The highest BCUT2D eigenvalue weighted by Gasteiger charge is 2.38. The van der Waals surface area contributed by atoms with E-state index in [4.69, 9.17) is 28.4 Å². The van der Waals surface area contributed by atoms with Crippen molar-refractivity contribution in [3.05, 3.63) is 34.4 Å². The van der Waals surface area contributed by atoms with Gasteiger partial charge in [0.25, 0.3) is 38.8 Å². The Morgan fingerprint density at radius 2 is 0.389 bits per heavy atom. The molecule has 0 bridgehead atoms. The number of carbonyl (C=O) groups is 6. The number of hydrogen-bond donors (Lipinski definition) is 0. The fourth-order valence-corrected chi connectivity index (χ4v) is 20.7. The predicted molar refractivity (Wildman–Crippen MR) is 538 cm³/mol. The monoisotopic (exact) mass is 1770 g/mol. The van der Waals surface area contributed by atoms with Crippen molar-refractivity contribution in [2.75, 3.05) is 39.6 Å². The maximum absolute atomic E-state index is 10.3. The Labute approximate surface area is 782 Å². The smallest absolute Gasteiger partial charge is 0.293 e. The molecule has 126 heavy (non-hydrogen) atoms. The van der Waals surface area contributed by atoms with Crippen LogP contribution in [0, 0.1) is 35.5 Å². The van der Waals surface area contributed by atoms with Crippen LogP contribution in [-0.2, 0) is 82.9 Å². The maximum atomic E-state index is 10.3. The SMILES string of the molecule is CCCCCCCCC1C(CCCCCC)CCC(CCCCCCCCOC=O)C1CCCCCCCCOC=O.CCCCCCCCCC(CCCCCCCCOC=O)C(CCCCCCCCC)CCCCCCCCOC=O.CCCCCCCCc1c(CCCCCC)ccc(CCCCCCCCOC=O)c1CCCCCCCCOC=O. The molecule has 1 aromatic carbocycles. The van der Waals surface area contributed by atoms with Crippen molar-refractivity contribution in [1.29, 1.82) is 0 Å². The number of unbranched alkanes of at least 4 members (excludes halogenated alkanes) is 58. The van der Waals surface area contributed by atoms with E-state index in [1.165, 1.54) is 488 Å². The summed E-state index contributed by atoms with van der Waals surface area (Å²) >= 11 is 0. The highest BCUT2D eigenvalue weighted by atomic mass is 16.5. The first-order chi connectivity index (χ1) is 62.4. The zero-order chi connectivity index (χ0) is 91.3. The van der Waals surface area contributed by atoms with Gasteiger partial charge < -0.3 is 28.4 Å². The molecule has 6 atom stereocenters. The van der Waals surface area contributed by atoms with Crippen LogP contribution in [0.25, 0.3) is 0 Å². The lowest BCUT2D eigenvalue weighted by molar-refractivity contribution is -0.129. The Morgan fingerprint density at radius 1 is 0.214 bits per heavy atom. The summed E-state index contributed by atoms with van der Waals surface area (Å²) in [7, 11) is 0. The molecular weight excluding hydrogens is 1560 g/mol. The van der Waals surface area contributed by atoms with Gasteiger partial charge in [-0.2, -0.15) is 0 Å². The minimum absolute atomic E-state index is 0.558. The van der Waals surface area contributed by atoms with Crippen molar-refractivity contribution < 1.29 is 57.2 Å². The van der Waals surface area contributed by atoms with Crippen LogP contribution in [0.4, 0.5) is 0 Å². The molecule has 1 aromatic rings. The summed E-state index contributed by atoms with van der Waals surface area (Å²) in [5, 5.41) is 0. The highest BCUT2D eigenvalue weighted by Crippen LogP contribution is 2.48. The molecule has 2 rings (SSSR count). The normalized spacial score (nSPS) is 14.7. The Hall–Kier alpha value is -3.96. The number of carbonyl (C=O) groups excluding carboxylic acids is 6. The number of aryl methyl sites for hydroxylation is 2. The number of hydrogen-bond acceptors (Lipinski definition) is 12. The van der Waals surface area contributed by atoms with Crippen molar-refractivity contribution in [1.82, 2.24) is 0 Å². The van der Waals surface area contributed by atoms with Crippen LogP contribution in [0.2, 0.25) is 0 Å². The lowest BCUT2D eigenvalue weighted by atomic mass is 9.61. The minimum atomic E-state index is 0.558. The van der Waals surface area contributed by atoms with E-state index in [0.717, 1.165) is 86.9 Å². The van der Waals surface area contributed by atoms with E-state index in [9.17, 15) is 28.8 Å². The van der Waals surface area contributed by atoms with Crippen LogP contribution in [-0.4, -0.2) is 78.5 Å². The number of benzene rings is 1. The fourth-order valence-electron chi connectivity index (χ4n) is 20.7. The topological polar surface area (TPSA) is 158 Å². The van der Waals surface area contributed by atoms with E-state index in [0.29, 0.717) is 78.5 Å². The summed E-state index contributed by atoms with van der Waals surface area (Å²) in [6.45, 7) is 20.8. The van der Waals surface area contributed by atoms with Gasteiger partial charge in [-0.05, 0) is 173 Å². The Kier molecular flexibility index (Phi) is 99.9. The summed E-state index contributed by atoms with van der Waals surface area (Å²) in [5.74, 6) is 5.68. The van der Waals surface area contributed by atoms with Crippen LogP contribution < -0.4 is 0 Å². The molecule has 0 heterocycles. The Morgan fingerprint density at radius 3 is 0.619 bits per heavy atom. The maximum Gasteiger partial charge on any atom is 0.293 e. The van der Waals surface area contributed by atoms with Gasteiger partial charge in [0.1, 0.15) is 0 Å². The van der Waals surface area contributed by atoms with E-state index in [1.807, 2.05) is 0 Å². The van der Waals surface area contributed by atoms with Gasteiger partial charge in [-0.1, -0.05) is 477 Å². The average molecular weight is 1770 g/mol. The third-order valence-corrected chi connectivity index (χ3v) is 28.3. The molecule has 12 heteroatoms. The van der Waals surface area contributed by atoms with Crippen molar-refractivity contribution in [3.63, 3.8) is 0 Å². The molecule has 1 aliphatic carbocycles. The zero-order valence-corrected chi connectivity index (χ0v) is 84.6. The Balaban J connectivity index is 0.00000186. The van der Waals surface area contributed by atoms with E-state index in [-0.39, 0.29) is 0 Å². The van der Waals surface area contributed by atoms with Crippen molar-refractivity contribution >= 4 is 38.8 Å². The van der Waals surface area contributed by atoms with Gasteiger partial charge in [-0.15, -0.1) is 0 Å². The van der Waals surface area contributed by atoms with Crippen LogP contribution in [0.3, 0.4) is 0 Å². The van der Waals surface area contributed by atoms with E-state index in [2.05, 4.69) is 53.7 Å². The van der Waals surface area contributed by atoms with Crippen LogP contribution >= 0.6 is 0 Å². The summed E-state index contributed by atoms with van der Waals surface area (Å²) < 4.78 is 29.0. The summed E-state index contributed by atoms with van der Waals surface area (Å²) in [6.07, 6.45) is 112. The first-order valence-electron chi connectivity index (χ1n) is 55.8. The van der Waals surface area contributed by atoms with Gasteiger partial charge in [0.2, 0.25) is 0 Å². The quantitative estimate of drug-likeness (QED) is 0.0346.